The third kappa shape index (κ3) is 8.46. The molecule has 1 heterocycles. The molecule has 8 nitrogen and oxygen atoms in total. The topological polar surface area (TPSA) is 92.6 Å². The first-order valence-corrected chi connectivity index (χ1v) is 9.63. The van der Waals surface area contributed by atoms with Crippen molar-refractivity contribution in [2.24, 2.45) is 4.99 Å². The number of carbonyl (C=O) groups excluding carboxylic acids is 1. The van der Waals surface area contributed by atoms with Gasteiger partial charge < -0.3 is 25.3 Å². The molecule has 0 unspecified atom stereocenters. The molecule has 0 atom stereocenters. The SMILES string of the molecule is CN=C(NCCCNC(=O)OC(C)(C)C)NCCn1c(C)nc2ccccc21.I. The van der Waals surface area contributed by atoms with E-state index in [1.54, 1.807) is 7.05 Å². The summed E-state index contributed by atoms with van der Waals surface area (Å²) in [6.07, 6.45) is 0.378. The van der Waals surface area contributed by atoms with Crippen LogP contribution in [0.25, 0.3) is 11.0 Å². The number of aliphatic imine (C=N–C) groups is 1. The molecule has 1 aromatic heterocycles. The Labute approximate surface area is 189 Å². The van der Waals surface area contributed by atoms with Crippen LogP contribution < -0.4 is 16.0 Å². The fourth-order valence-corrected chi connectivity index (χ4v) is 2.78. The van der Waals surface area contributed by atoms with Crippen molar-refractivity contribution in [1.29, 1.82) is 0 Å². The predicted molar refractivity (Wildman–Crippen MR) is 128 cm³/mol. The van der Waals surface area contributed by atoms with E-state index in [9.17, 15) is 4.79 Å². The number of aryl methyl sites for hydroxylation is 1. The van der Waals surface area contributed by atoms with Gasteiger partial charge >= 0.3 is 6.09 Å². The number of alkyl carbamates (subject to hydrolysis) is 1. The van der Waals surface area contributed by atoms with E-state index in [2.05, 4.69) is 36.6 Å². The number of hydrogen-bond donors (Lipinski definition) is 3. The Balaban J connectivity index is 0.00000420. The summed E-state index contributed by atoms with van der Waals surface area (Å²) >= 11 is 0. The summed E-state index contributed by atoms with van der Waals surface area (Å²) in [6, 6.07) is 8.14. The zero-order valence-electron chi connectivity index (χ0n) is 17.9. The summed E-state index contributed by atoms with van der Waals surface area (Å²) in [4.78, 5) is 20.4. The van der Waals surface area contributed by atoms with Gasteiger partial charge in [0.25, 0.3) is 0 Å². The minimum absolute atomic E-state index is 0. The van der Waals surface area contributed by atoms with E-state index in [1.807, 2.05) is 45.9 Å². The largest absolute Gasteiger partial charge is 0.444 e. The lowest BCUT2D eigenvalue weighted by atomic mass is 10.2. The second kappa shape index (κ2) is 11.8. The second-order valence-corrected chi connectivity index (χ2v) is 7.51. The van der Waals surface area contributed by atoms with E-state index < -0.39 is 11.7 Å². The number of rotatable bonds is 7. The number of halogens is 1. The van der Waals surface area contributed by atoms with Crippen LogP contribution in [0, 0.1) is 6.92 Å². The monoisotopic (exact) mass is 516 g/mol. The first kappa shape index (κ1) is 25.0. The molecule has 9 heteroatoms. The van der Waals surface area contributed by atoms with E-state index in [4.69, 9.17) is 4.74 Å². The van der Waals surface area contributed by atoms with E-state index in [0.29, 0.717) is 13.1 Å². The summed E-state index contributed by atoms with van der Waals surface area (Å²) in [5.41, 5.74) is 1.67. The molecule has 1 amide bonds. The number of carbonyl (C=O) groups is 1. The van der Waals surface area contributed by atoms with E-state index in [-0.39, 0.29) is 24.0 Å². The molecule has 0 bridgehead atoms. The Morgan fingerprint density at radius 1 is 1.14 bits per heavy atom. The number of benzene rings is 1. The average molecular weight is 516 g/mol. The molecule has 0 fully saturated rings. The van der Waals surface area contributed by atoms with E-state index >= 15 is 0 Å². The number of aromatic nitrogens is 2. The molecule has 3 N–H and O–H groups in total. The lowest BCUT2D eigenvalue weighted by Crippen LogP contribution is -2.40. The fourth-order valence-electron chi connectivity index (χ4n) is 2.78. The van der Waals surface area contributed by atoms with Crippen molar-refractivity contribution < 1.29 is 9.53 Å². The normalized spacial score (nSPS) is 11.7. The van der Waals surface area contributed by atoms with Crippen LogP contribution in [0.4, 0.5) is 4.79 Å². The molecule has 0 saturated heterocycles. The summed E-state index contributed by atoms with van der Waals surface area (Å²) in [6.45, 7) is 10.3. The summed E-state index contributed by atoms with van der Waals surface area (Å²) < 4.78 is 7.40. The highest BCUT2D eigenvalue weighted by molar-refractivity contribution is 14.0. The van der Waals surface area contributed by atoms with Crippen molar-refractivity contribution in [3.63, 3.8) is 0 Å². The van der Waals surface area contributed by atoms with Gasteiger partial charge in [-0.05, 0) is 46.2 Å². The number of ether oxygens (including phenoxy) is 1. The van der Waals surface area contributed by atoms with Crippen LogP contribution in [0.15, 0.2) is 29.3 Å². The highest BCUT2D eigenvalue weighted by atomic mass is 127. The van der Waals surface area contributed by atoms with Gasteiger partial charge in [-0.1, -0.05) is 12.1 Å². The van der Waals surface area contributed by atoms with Gasteiger partial charge in [-0.3, -0.25) is 4.99 Å². The van der Waals surface area contributed by atoms with Gasteiger partial charge in [-0.25, -0.2) is 9.78 Å². The number of fused-ring (bicyclic) bond motifs is 1. The Morgan fingerprint density at radius 3 is 2.48 bits per heavy atom. The molecule has 0 radical (unpaired) electrons. The summed E-state index contributed by atoms with van der Waals surface area (Å²) in [7, 11) is 1.74. The molecule has 1 aromatic carbocycles. The number of para-hydroxylation sites is 2. The molecule has 0 saturated carbocycles. The van der Waals surface area contributed by atoms with E-state index in [1.165, 1.54) is 0 Å². The maximum atomic E-state index is 11.6. The molecule has 2 rings (SSSR count). The molecular weight excluding hydrogens is 483 g/mol. The Kier molecular flexibility index (Phi) is 10.2. The predicted octanol–water partition coefficient (Wildman–Crippen LogP) is 3.04. The maximum absolute atomic E-state index is 11.6. The van der Waals surface area contributed by atoms with E-state index in [0.717, 1.165) is 42.3 Å². The van der Waals surface area contributed by atoms with Crippen LogP contribution in [0.3, 0.4) is 0 Å². The standard InChI is InChI=1S/C20H32N6O2.HI/c1-15-25-16-9-6-7-10-17(16)26(15)14-13-23-18(21-5)22-11-8-12-24-19(27)28-20(2,3)4;/h6-7,9-10H,8,11-14H2,1-5H3,(H,24,27)(H2,21,22,23);1H. The molecule has 2 aromatic rings. The molecule has 29 heavy (non-hydrogen) atoms. The van der Waals surface area contributed by atoms with Gasteiger partial charge in [-0.15, -0.1) is 24.0 Å². The number of amides is 1. The highest BCUT2D eigenvalue weighted by Crippen LogP contribution is 2.14. The first-order chi connectivity index (χ1) is 13.3. The van der Waals surface area contributed by atoms with Crippen LogP contribution in [0.2, 0.25) is 0 Å². The van der Waals surface area contributed by atoms with Gasteiger partial charge in [0, 0.05) is 33.2 Å². The number of imidazole rings is 1. The van der Waals surface area contributed by atoms with Crippen LogP contribution in [0.1, 0.15) is 33.0 Å². The number of guanidine groups is 1. The third-order valence-corrected chi connectivity index (χ3v) is 4.01. The van der Waals surface area contributed by atoms with Gasteiger partial charge in [0.15, 0.2) is 5.96 Å². The van der Waals surface area contributed by atoms with Gasteiger partial charge in [0.05, 0.1) is 11.0 Å². The van der Waals surface area contributed by atoms with Gasteiger partial charge in [-0.2, -0.15) is 0 Å². The smallest absolute Gasteiger partial charge is 0.407 e. The molecule has 0 aliphatic carbocycles. The van der Waals surface area contributed by atoms with Crippen molar-refractivity contribution in [3.05, 3.63) is 30.1 Å². The minimum Gasteiger partial charge on any atom is -0.444 e. The third-order valence-electron chi connectivity index (χ3n) is 4.01. The molecular formula is C20H33IN6O2. The fraction of sp³-hybridized carbons (Fsp3) is 0.550. The van der Waals surface area contributed by atoms with Crippen LogP contribution in [0.5, 0.6) is 0 Å². The zero-order chi connectivity index (χ0) is 20.6. The molecule has 0 spiro atoms. The Morgan fingerprint density at radius 2 is 1.79 bits per heavy atom. The number of nitrogens with one attached hydrogen (secondary N) is 3. The van der Waals surface area contributed by atoms with Crippen molar-refractivity contribution >= 4 is 47.1 Å². The molecule has 162 valence electrons. The Hall–Kier alpha value is -2.04. The minimum atomic E-state index is -0.479. The van der Waals surface area contributed by atoms with Crippen molar-refractivity contribution in [2.75, 3.05) is 26.7 Å². The quantitative estimate of drug-likeness (QED) is 0.228. The van der Waals surface area contributed by atoms with Gasteiger partial charge in [0.2, 0.25) is 0 Å². The average Bonchev–Trinajstić information content (AvgIpc) is 2.94. The summed E-state index contributed by atoms with van der Waals surface area (Å²) in [5, 5.41) is 9.30. The summed E-state index contributed by atoms with van der Waals surface area (Å²) in [5.74, 6) is 1.73. The van der Waals surface area contributed by atoms with Gasteiger partial charge in [0.1, 0.15) is 11.4 Å². The zero-order valence-corrected chi connectivity index (χ0v) is 20.2. The highest BCUT2D eigenvalue weighted by Gasteiger charge is 2.15. The Bertz CT molecular complexity index is 813. The maximum Gasteiger partial charge on any atom is 0.407 e. The first-order valence-electron chi connectivity index (χ1n) is 9.63. The van der Waals surface area contributed by atoms with Crippen molar-refractivity contribution in [1.82, 2.24) is 25.5 Å². The van der Waals surface area contributed by atoms with Crippen LogP contribution >= 0.6 is 24.0 Å². The van der Waals surface area contributed by atoms with Crippen LogP contribution in [-0.2, 0) is 11.3 Å². The number of hydrogen-bond acceptors (Lipinski definition) is 4. The molecule has 0 aliphatic heterocycles. The number of nitrogens with zero attached hydrogens (tertiary/aromatic N) is 3. The second-order valence-electron chi connectivity index (χ2n) is 7.51. The molecule has 0 aliphatic rings. The lowest BCUT2D eigenvalue weighted by Gasteiger charge is -2.19. The van der Waals surface area contributed by atoms with Crippen molar-refractivity contribution in [3.8, 4) is 0 Å². The van der Waals surface area contributed by atoms with Crippen molar-refractivity contribution in [2.45, 2.75) is 46.3 Å². The lowest BCUT2D eigenvalue weighted by molar-refractivity contribution is 0.0527. The van der Waals surface area contributed by atoms with Crippen LogP contribution in [-0.4, -0.2) is 53.9 Å².